The van der Waals surface area contributed by atoms with Gasteiger partial charge < -0.3 is 10.5 Å². The lowest BCUT2D eigenvalue weighted by Gasteiger charge is -2.17. The van der Waals surface area contributed by atoms with E-state index in [1.807, 2.05) is 30.3 Å². The van der Waals surface area contributed by atoms with Crippen LogP contribution in [0.3, 0.4) is 0 Å². The molecule has 2 N–H and O–H groups in total. The highest BCUT2D eigenvalue weighted by Gasteiger charge is 2.31. The van der Waals surface area contributed by atoms with Gasteiger partial charge >= 0.3 is 6.18 Å². The second kappa shape index (κ2) is 7.63. The van der Waals surface area contributed by atoms with Crippen LogP contribution in [0.15, 0.2) is 48.5 Å². The Labute approximate surface area is 149 Å². The van der Waals surface area contributed by atoms with Gasteiger partial charge in [0.1, 0.15) is 0 Å². The second-order valence-electron chi connectivity index (χ2n) is 6.54. The van der Waals surface area contributed by atoms with Gasteiger partial charge in [0.15, 0.2) is 18.2 Å². The van der Waals surface area contributed by atoms with Gasteiger partial charge in [0.2, 0.25) is 0 Å². The molecule has 26 heavy (non-hydrogen) atoms. The molecule has 0 aliphatic carbocycles. The third-order valence-electron chi connectivity index (χ3n) is 4.46. The first-order valence-corrected chi connectivity index (χ1v) is 8.33. The third kappa shape index (κ3) is 4.74. The summed E-state index contributed by atoms with van der Waals surface area (Å²) < 4.78 is 55.0. The number of hydrogen-bond donors (Lipinski definition) is 1. The monoisotopic (exact) mass is 368 g/mol. The molecule has 1 fully saturated rings. The number of rotatable bonds is 5. The molecule has 0 saturated carbocycles. The topological polar surface area (TPSA) is 38.5 Å². The van der Waals surface area contributed by atoms with Crippen molar-refractivity contribution in [1.82, 2.24) is 4.90 Å². The fourth-order valence-corrected chi connectivity index (χ4v) is 3.27. The van der Waals surface area contributed by atoms with Crippen LogP contribution in [0.4, 0.5) is 17.6 Å². The molecule has 7 heteroatoms. The summed E-state index contributed by atoms with van der Waals surface area (Å²) in [6.07, 6.45) is -4.50. The Kier molecular flexibility index (Phi) is 5.48. The fourth-order valence-electron chi connectivity index (χ4n) is 3.27. The molecule has 0 radical (unpaired) electrons. The number of likely N-dealkylation sites (tertiary alicyclic amines) is 1. The van der Waals surface area contributed by atoms with Gasteiger partial charge in [-0.2, -0.15) is 13.2 Å². The minimum Gasteiger partial charge on any atom is -0.481 e. The summed E-state index contributed by atoms with van der Waals surface area (Å²) in [6.45, 7) is 0.392. The van der Waals surface area contributed by atoms with Gasteiger partial charge in [-0.15, -0.1) is 0 Å². The maximum Gasteiger partial charge on any atom is 0.422 e. The minimum atomic E-state index is -4.50. The number of hydrogen-bond acceptors (Lipinski definition) is 3. The number of benzene rings is 2. The van der Waals surface area contributed by atoms with E-state index in [0.717, 1.165) is 6.54 Å². The second-order valence-corrected chi connectivity index (χ2v) is 6.54. The molecule has 2 atom stereocenters. The molecule has 1 aliphatic heterocycles. The van der Waals surface area contributed by atoms with Crippen LogP contribution >= 0.6 is 0 Å². The van der Waals surface area contributed by atoms with Crippen LogP contribution in [-0.4, -0.2) is 36.8 Å². The molecule has 0 unspecified atom stereocenters. The summed E-state index contributed by atoms with van der Waals surface area (Å²) in [5, 5.41) is 0. The quantitative estimate of drug-likeness (QED) is 0.818. The van der Waals surface area contributed by atoms with Crippen molar-refractivity contribution in [2.75, 3.05) is 19.7 Å². The lowest BCUT2D eigenvalue weighted by atomic mass is 9.95. The van der Waals surface area contributed by atoms with E-state index >= 15 is 0 Å². The average Bonchev–Trinajstić information content (AvgIpc) is 2.94. The number of ether oxygens (including phenoxy) is 1. The van der Waals surface area contributed by atoms with Gasteiger partial charge in [-0.3, -0.25) is 4.90 Å². The fraction of sp³-hybridized carbons (Fsp3) is 0.368. The Balaban J connectivity index is 1.62. The van der Waals surface area contributed by atoms with Gasteiger partial charge in [0, 0.05) is 31.6 Å². The zero-order chi connectivity index (χ0) is 18.7. The molecule has 1 aliphatic rings. The number of alkyl halides is 3. The maximum atomic E-state index is 14.0. The van der Waals surface area contributed by atoms with Crippen LogP contribution in [0.5, 0.6) is 5.75 Å². The Morgan fingerprint density at radius 1 is 1.08 bits per heavy atom. The van der Waals surface area contributed by atoms with Crippen molar-refractivity contribution < 1.29 is 22.3 Å². The first-order valence-electron chi connectivity index (χ1n) is 8.33. The summed E-state index contributed by atoms with van der Waals surface area (Å²) >= 11 is 0. The molecular weight excluding hydrogens is 348 g/mol. The SMILES string of the molecule is N[C@@H]1CN(Cc2ccc(OCC(F)(F)F)c(F)c2)C[C@H]1c1ccccc1. The van der Waals surface area contributed by atoms with Crippen LogP contribution < -0.4 is 10.5 Å². The number of nitrogens with two attached hydrogens (primary N) is 1. The molecule has 1 heterocycles. The van der Waals surface area contributed by atoms with Gasteiger partial charge in [0.25, 0.3) is 0 Å². The molecule has 0 spiro atoms. The molecule has 3 nitrogen and oxygen atoms in total. The van der Waals surface area contributed by atoms with E-state index in [1.165, 1.54) is 17.7 Å². The molecule has 140 valence electrons. The van der Waals surface area contributed by atoms with Crippen molar-refractivity contribution in [1.29, 1.82) is 0 Å². The molecule has 0 aromatic heterocycles. The minimum absolute atomic E-state index is 0.0170. The molecule has 3 rings (SSSR count). The van der Waals surface area contributed by atoms with Crippen molar-refractivity contribution in [2.24, 2.45) is 5.73 Å². The molecule has 0 amide bonds. The maximum absolute atomic E-state index is 14.0. The van der Waals surface area contributed by atoms with Crippen molar-refractivity contribution in [3.63, 3.8) is 0 Å². The van der Waals surface area contributed by atoms with Crippen LogP contribution in [0.1, 0.15) is 17.0 Å². The molecule has 2 aromatic carbocycles. The highest BCUT2D eigenvalue weighted by atomic mass is 19.4. The summed E-state index contributed by atoms with van der Waals surface area (Å²) in [5.74, 6) is -0.989. The predicted octanol–water partition coefficient (Wildman–Crippen LogP) is 3.69. The van der Waals surface area contributed by atoms with E-state index in [-0.39, 0.29) is 12.0 Å². The van der Waals surface area contributed by atoms with Gasteiger partial charge in [-0.05, 0) is 23.3 Å². The number of nitrogens with zero attached hydrogens (tertiary/aromatic N) is 1. The summed E-state index contributed by atoms with van der Waals surface area (Å²) in [5.41, 5.74) is 8.09. The van der Waals surface area contributed by atoms with Crippen LogP contribution in [0.25, 0.3) is 0 Å². The van der Waals surface area contributed by atoms with Gasteiger partial charge in [-0.25, -0.2) is 4.39 Å². The first kappa shape index (κ1) is 18.7. The number of halogens is 4. The molecule has 2 aromatic rings. The lowest BCUT2D eigenvalue weighted by Crippen LogP contribution is -2.28. The van der Waals surface area contributed by atoms with Crippen molar-refractivity contribution in [3.8, 4) is 5.75 Å². The zero-order valence-corrected chi connectivity index (χ0v) is 14.0. The van der Waals surface area contributed by atoms with E-state index < -0.39 is 24.3 Å². The van der Waals surface area contributed by atoms with Crippen LogP contribution in [0.2, 0.25) is 0 Å². The van der Waals surface area contributed by atoms with E-state index in [4.69, 9.17) is 5.73 Å². The molecule has 1 saturated heterocycles. The van der Waals surface area contributed by atoms with Crippen LogP contribution in [0, 0.1) is 5.82 Å². The molecular formula is C19H20F4N2O. The standard InChI is InChI=1S/C19H20F4N2O/c20-16-8-13(6-7-18(16)26-12-19(21,22)23)9-25-10-15(17(24)11-25)14-4-2-1-3-5-14/h1-8,15,17H,9-12,24H2/t15-,17+/m0/s1. The third-order valence-corrected chi connectivity index (χ3v) is 4.46. The largest absolute Gasteiger partial charge is 0.481 e. The van der Waals surface area contributed by atoms with Crippen molar-refractivity contribution >= 4 is 0 Å². The molecule has 0 bridgehead atoms. The summed E-state index contributed by atoms with van der Waals surface area (Å²) in [7, 11) is 0. The van der Waals surface area contributed by atoms with E-state index in [0.29, 0.717) is 18.7 Å². The zero-order valence-electron chi connectivity index (χ0n) is 14.0. The van der Waals surface area contributed by atoms with Gasteiger partial charge in [-0.1, -0.05) is 36.4 Å². The Bertz CT molecular complexity index is 736. The first-order chi connectivity index (χ1) is 12.3. The van der Waals surface area contributed by atoms with Crippen molar-refractivity contribution in [3.05, 3.63) is 65.5 Å². The van der Waals surface area contributed by atoms with Crippen molar-refractivity contribution in [2.45, 2.75) is 24.7 Å². The normalized spacial score (nSPS) is 21.1. The van der Waals surface area contributed by atoms with E-state index in [9.17, 15) is 17.6 Å². The predicted molar refractivity (Wildman–Crippen MR) is 90.4 cm³/mol. The Morgan fingerprint density at radius 2 is 1.81 bits per heavy atom. The Morgan fingerprint density at radius 3 is 2.46 bits per heavy atom. The smallest absolute Gasteiger partial charge is 0.422 e. The highest BCUT2D eigenvalue weighted by molar-refractivity contribution is 5.30. The Hall–Kier alpha value is -2.12. The average molecular weight is 368 g/mol. The summed E-state index contributed by atoms with van der Waals surface area (Å²) in [4.78, 5) is 2.12. The van der Waals surface area contributed by atoms with E-state index in [1.54, 1.807) is 6.07 Å². The lowest BCUT2D eigenvalue weighted by molar-refractivity contribution is -0.153. The highest BCUT2D eigenvalue weighted by Crippen LogP contribution is 2.28. The summed E-state index contributed by atoms with van der Waals surface area (Å²) in [6, 6.07) is 14.0. The van der Waals surface area contributed by atoms with E-state index in [2.05, 4.69) is 9.64 Å². The van der Waals surface area contributed by atoms with Gasteiger partial charge in [0.05, 0.1) is 0 Å². The van der Waals surface area contributed by atoms with Crippen LogP contribution in [-0.2, 0) is 6.54 Å².